The molecular formula is C13H21NO3. The second kappa shape index (κ2) is 5.52. The minimum absolute atomic E-state index is 0.134. The first-order valence-corrected chi connectivity index (χ1v) is 6.68. The molecule has 17 heavy (non-hydrogen) atoms. The Labute approximate surface area is 102 Å². The summed E-state index contributed by atoms with van der Waals surface area (Å²) in [6, 6.07) is 0.371. The summed E-state index contributed by atoms with van der Waals surface area (Å²) in [6.07, 6.45) is 6.23. The Bertz CT molecular complexity index is 297. The first-order valence-electron chi connectivity index (χ1n) is 6.68. The molecule has 96 valence electrons. The van der Waals surface area contributed by atoms with E-state index in [1.165, 1.54) is 19.3 Å². The van der Waals surface area contributed by atoms with E-state index >= 15 is 0 Å². The number of rotatable bonds is 3. The summed E-state index contributed by atoms with van der Waals surface area (Å²) in [6.45, 7) is 2.77. The number of amides is 1. The van der Waals surface area contributed by atoms with Crippen molar-refractivity contribution >= 4 is 11.9 Å². The van der Waals surface area contributed by atoms with E-state index in [2.05, 4.69) is 0 Å². The fourth-order valence-corrected chi connectivity index (χ4v) is 2.90. The monoisotopic (exact) mass is 239 g/mol. The predicted molar refractivity (Wildman–Crippen MR) is 63.3 cm³/mol. The number of hydrogen-bond acceptors (Lipinski definition) is 3. The summed E-state index contributed by atoms with van der Waals surface area (Å²) >= 11 is 0. The Balaban J connectivity index is 1.92. The topological polar surface area (TPSA) is 46.6 Å². The zero-order valence-electron chi connectivity index (χ0n) is 10.5. The van der Waals surface area contributed by atoms with Crippen molar-refractivity contribution in [2.24, 2.45) is 5.92 Å². The summed E-state index contributed by atoms with van der Waals surface area (Å²) in [7, 11) is 0. The van der Waals surface area contributed by atoms with Crippen LogP contribution >= 0.6 is 0 Å². The maximum absolute atomic E-state index is 11.9. The number of ether oxygens (including phenoxy) is 1. The van der Waals surface area contributed by atoms with Crippen molar-refractivity contribution in [1.82, 2.24) is 4.90 Å². The molecule has 0 unspecified atom stereocenters. The average Bonchev–Trinajstić information content (AvgIpc) is 2.73. The van der Waals surface area contributed by atoms with Gasteiger partial charge < -0.3 is 9.64 Å². The van der Waals surface area contributed by atoms with Gasteiger partial charge in [-0.15, -0.1) is 0 Å². The third kappa shape index (κ3) is 2.79. The molecule has 2 fully saturated rings. The van der Waals surface area contributed by atoms with Crippen LogP contribution in [0.2, 0.25) is 0 Å². The van der Waals surface area contributed by atoms with Crippen molar-refractivity contribution in [2.45, 2.75) is 51.5 Å². The van der Waals surface area contributed by atoms with Crippen LogP contribution in [0.3, 0.4) is 0 Å². The molecule has 1 saturated carbocycles. The van der Waals surface area contributed by atoms with Crippen molar-refractivity contribution in [3.05, 3.63) is 0 Å². The standard InChI is InChI=1S/C13H21NO3/c1-2-17-13(16)10-8-12(15)14(9-10)11-6-4-3-5-7-11/h10-11H,2-9H2,1H3/t10-/m1/s1. The van der Waals surface area contributed by atoms with E-state index in [9.17, 15) is 9.59 Å². The largest absolute Gasteiger partial charge is 0.466 e. The van der Waals surface area contributed by atoms with Gasteiger partial charge in [0.15, 0.2) is 0 Å². The molecule has 1 saturated heterocycles. The summed E-state index contributed by atoms with van der Waals surface area (Å²) in [5.41, 5.74) is 0. The van der Waals surface area contributed by atoms with Gasteiger partial charge in [0.2, 0.25) is 5.91 Å². The lowest BCUT2D eigenvalue weighted by Crippen LogP contribution is -2.38. The Morgan fingerprint density at radius 1 is 1.35 bits per heavy atom. The number of hydrogen-bond donors (Lipinski definition) is 0. The highest BCUT2D eigenvalue weighted by atomic mass is 16.5. The molecule has 0 aromatic carbocycles. The van der Waals surface area contributed by atoms with Gasteiger partial charge in [-0.2, -0.15) is 0 Å². The lowest BCUT2D eigenvalue weighted by atomic mass is 9.94. The van der Waals surface area contributed by atoms with Crippen molar-refractivity contribution < 1.29 is 14.3 Å². The highest BCUT2D eigenvalue weighted by Crippen LogP contribution is 2.28. The smallest absolute Gasteiger partial charge is 0.311 e. The van der Waals surface area contributed by atoms with E-state index in [4.69, 9.17) is 4.74 Å². The second-order valence-corrected chi connectivity index (χ2v) is 4.99. The summed E-state index contributed by atoms with van der Waals surface area (Å²) in [5.74, 6) is -0.307. The molecule has 0 aromatic rings. The SMILES string of the molecule is CCOC(=O)[C@@H]1CC(=O)N(C2CCCCC2)C1. The van der Waals surface area contributed by atoms with Gasteiger partial charge in [0.25, 0.3) is 0 Å². The van der Waals surface area contributed by atoms with Crippen molar-refractivity contribution in [1.29, 1.82) is 0 Å². The van der Waals surface area contributed by atoms with Gasteiger partial charge in [0, 0.05) is 19.0 Å². The maximum Gasteiger partial charge on any atom is 0.311 e. The second-order valence-electron chi connectivity index (χ2n) is 4.99. The molecule has 4 nitrogen and oxygen atoms in total. The molecule has 2 aliphatic rings. The van der Waals surface area contributed by atoms with Crippen LogP contribution in [0.25, 0.3) is 0 Å². The lowest BCUT2D eigenvalue weighted by Gasteiger charge is -2.31. The van der Waals surface area contributed by atoms with E-state index in [1.807, 2.05) is 4.90 Å². The molecule has 1 atom stereocenters. The molecule has 0 spiro atoms. The first kappa shape index (κ1) is 12.4. The van der Waals surface area contributed by atoms with Crippen LogP contribution in [0.5, 0.6) is 0 Å². The van der Waals surface area contributed by atoms with Gasteiger partial charge in [0.1, 0.15) is 0 Å². The summed E-state index contributed by atoms with van der Waals surface area (Å²) in [5, 5.41) is 0. The molecule has 4 heteroatoms. The van der Waals surface area contributed by atoms with Crippen LogP contribution in [0.15, 0.2) is 0 Å². The first-order chi connectivity index (χ1) is 8.22. The molecular weight excluding hydrogens is 218 g/mol. The van der Waals surface area contributed by atoms with Gasteiger partial charge >= 0.3 is 5.97 Å². The number of esters is 1. The number of likely N-dealkylation sites (tertiary alicyclic amines) is 1. The van der Waals surface area contributed by atoms with Crippen LogP contribution in [-0.2, 0) is 14.3 Å². The van der Waals surface area contributed by atoms with E-state index < -0.39 is 0 Å². The maximum atomic E-state index is 11.9. The van der Waals surface area contributed by atoms with Gasteiger partial charge in [0.05, 0.1) is 12.5 Å². The predicted octanol–water partition coefficient (Wildman–Crippen LogP) is 1.73. The zero-order valence-corrected chi connectivity index (χ0v) is 10.5. The third-order valence-corrected chi connectivity index (χ3v) is 3.79. The number of nitrogens with zero attached hydrogens (tertiary/aromatic N) is 1. The van der Waals surface area contributed by atoms with Gasteiger partial charge in [-0.25, -0.2) is 0 Å². The third-order valence-electron chi connectivity index (χ3n) is 3.79. The summed E-state index contributed by atoms with van der Waals surface area (Å²) < 4.78 is 4.99. The fourth-order valence-electron chi connectivity index (χ4n) is 2.90. The summed E-state index contributed by atoms with van der Waals surface area (Å²) in [4.78, 5) is 25.4. The molecule has 0 radical (unpaired) electrons. The molecule has 0 N–H and O–H groups in total. The van der Waals surface area contributed by atoms with Crippen LogP contribution < -0.4 is 0 Å². The van der Waals surface area contributed by atoms with Crippen LogP contribution in [0.1, 0.15) is 45.4 Å². The van der Waals surface area contributed by atoms with E-state index in [0.29, 0.717) is 25.6 Å². The lowest BCUT2D eigenvalue weighted by molar-refractivity contribution is -0.147. The van der Waals surface area contributed by atoms with Gasteiger partial charge in [-0.3, -0.25) is 9.59 Å². The van der Waals surface area contributed by atoms with E-state index in [0.717, 1.165) is 12.8 Å². The highest BCUT2D eigenvalue weighted by molar-refractivity contribution is 5.87. The highest BCUT2D eigenvalue weighted by Gasteiger charge is 2.38. The quantitative estimate of drug-likeness (QED) is 0.705. The molecule has 1 amide bonds. The van der Waals surface area contributed by atoms with Crippen LogP contribution in [0, 0.1) is 5.92 Å². The van der Waals surface area contributed by atoms with Crippen molar-refractivity contribution in [2.75, 3.05) is 13.2 Å². The van der Waals surface area contributed by atoms with E-state index in [-0.39, 0.29) is 17.8 Å². The Morgan fingerprint density at radius 2 is 2.06 bits per heavy atom. The Kier molecular flexibility index (Phi) is 4.02. The van der Waals surface area contributed by atoms with Crippen molar-refractivity contribution in [3.8, 4) is 0 Å². The minimum Gasteiger partial charge on any atom is -0.466 e. The zero-order chi connectivity index (χ0) is 12.3. The molecule has 0 aromatic heterocycles. The fraction of sp³-hybridized carbons (Fsp3) is 0.846. The van der Waals surface area contributed by atoms with Crippen molar-refractivity contribution in [3.63, 3.8) is 0 Å². The molecule has 1 aliphatic carbocycles. The van der Waals surface area contributed by atoms with Crippen LogP contribution in [-0.4, -0.2) is 36.0 Å². The molecule has 1 heterocycles. The Hall–Kier alpha value is -1.06. The number of carbonyl (C=O) groups is 2. The van der Waals surface area contributed by atoms with Gasteiger partial charge in [-0.05, 0) is 19.8 Å². The molecule has 0 bridgehead atoms. The van der Waals surface area contributed by atoms with E-state index in [1.54, 1.807) is 6.92 Å². The molecule has 1 aliphatic heterocycles. The minimum atomic E-state index is -0.232. The average molecular weight is 239 g/mol. The van der Waals surface area contributed by atoms with Crippen LogP contribution in [0.4, 0.5) is 0 Å². The van der Waals surface area contributed by atoms with Gasteiger partial charge in [-0.1, -0.05) is 19.3 Å². The normalized spacial score (nSPS) is 26.3. The number of carbonyl (C=O) groups excluding carboxylic acids is 2. The molecule has 2 rings (SSSR count). The Morgan fingerprint density at radius 3 is 2.71 bits per heavy atom.